The summed E-state index contributed by atoms with van der Waals surface area (Å²) in [6.45, 7) is 2.09. The third kappa shape index (κ3) is 4.60. The normalized spacial score (nSPS) is 13.3. The SMILES string of the molecule is Cc1ccc(S(=O)(=O)N[C@H](CN(C)C)c2ccccc2)cc1F. The largest absolute Gasteiger partial charge is 0.307 e. The highest BCUT2D eigenvalue weighted by atomic mass is 32.2. The number of sulfonamides is 1. The number of benzene rings is 2. The van der Waals surface area contributed by atoms with Crippen LogP contribution in [0, 0.1) is 12.7 Å². The number of likely N-dealkylation sites (N-methyl/N-ethyl adjacent to an activating group) is 1. The van der Waals surface area contributed by atoms with Gasteiger partial charge in [0, 0.05) is 6.54 Å². The minimum atomic E-state index is -3.81. The van der Waals surface area contributed by atoms with Gasteiger partial charge < -0.3 is 4.90 Å². The molecule has 2 rings (SSSR count). The standard InChI is InChI=1S/C17H21FN2O2S/c1-13-9-10-15(11-16(13)18)23(21,22)19-17(12-20(2)3)14-7-5-4-6-8-14/h4-11,17,19H,12H2,1-3H3/t17-/m1/s1. The lowest BCUT2D eigenvalue weighted by Gasteiger charge is -2.23. The fourth-order valence-electron chi connectivity index (χ4n) is 2.26. The van der Waals surface area contributed by atoms with Crippen LogP contribution in [0.2, 0.25) is 0 Å². The van der Waals surface area contributed by atoms with E-state index in [1.165, 1.54) is 12.1 Å². The Labute approximate surface area is 137 Å². The summed E-state index contributed by atoms with van der Waals surface area (Å²) in [7, 11) is -0.0676. The molecule has 0 bridgehead atoms. The van der Waals surface area contributed by atoms with Gasteiger partial charge in [0.15, 0.2) is 0 Å². The first-order valence-corrected chi connectivity index (χ1v) is 8.76. The van der Waals surface area contributed by atoms with Crippen LogP contribution in [0.4, 0.5) is 4.39 Å². The number of hydrogen-bond donors (Lipinski definition) is 1. The highest BCUT2D eigenvalue weighted by molar-refractivity contribution is 7.89. The van der Waals surface area contributed by atoms with Gasteiger partial charge in [-0.1, -0.05) is 36.4 Å². The Kier molecular flexibility index (Phi) is 5.51. The Morgan fingerprint density at radius 1 is 1.13 bits per heavy atom. The molecule has 0 unspecified atom stereocenters. The van der Waals surface area contributed by atoms with Gasteiger partial charge in [-0.15, -0.1) is 0 Å². The molecule has 0 amide bonds. The van der Waals surface area contributed by atoms with Crippen molar-refractivity contribution in [3.63, 3.8) is 0 Å². The summed E-state index contributed by atoms with van der Waals surface area (Å²) in [6, 6.07) is 12.8. The fraction of sp³-hybridized carbons (Fsp3) is 0.294. The predicted molar refractivity (Wildman–Crippen MR) is 89.2 cm³/mol. The van der Waals surface area contributed by atoms with E-state index in [0.717, 1.165) is 11.6 Å². The molecule has 124 valence electrons. The van der Waals surface area contributed by atoms with Crippen LogP contribution in [-0.2, 0) is 10.0 Å². The average molecular weight is 336 g/mol. The molecule has 4 nitrogen and oxygen atoms in total. The van der Waals surface area contributed by atoms with Crippen LogP contribution in [0.15, 0.2) is 53.4 Å². The molecule has 0 aliphatic heterocycles. The zero-order chi connectivity index (χ0) is 17.0. The van der Waals surface area contributed by atoms with Gasteiger partial charge in [0.25, 0.3) is 0 Å². The summed E-state index contributed by atoms with van der Waals surface area (Å²) in [6.07, 6.45) is 0. The summed E-state index contributed by atoms with van der Waals surface area (Å²) in [5, 5.41) is 0. The van der Waals surface area contributed by atoms with E-state index in [9.17, 15) is 12.8 Å². The molecule has 0 spiro atoms. The molecule has 0 aromatic heterocycles. The van der Waals surface area contributed by atoms with Gasteiger partial charge in [-0.3, -0.25) is 0 Å². The molecule has 6 heteroatoms. The topological polar surface area (TPSA) is 49.4 Å². The van der Waals surface area contributed by atoms with Crippen molar-refractivity contribution in [2.75, 3.05) is 20.6 Å². The molecule has 0 heterocycles. The molecule has 2 aromatic rings. The molecule has 0 saturated heterocycles. The van der Waals surface area contributed by atoms with E-state index in [1.807, 2.05) is 49.3 Å². The maximum atomic E-state index is 13.7. The summed E-state index contributed by atoms with van der Waals surface area (Å²) in [5.74, 6) is -0.531. The van der Waals surface area contributed by atoms with Crippen LogP contribution in [-0.4, -0.2) is 34.0 Å². The molecule has 1 atom stereocenters. The van der Waals surface area contributed by atoms with E-state index in [2.05, 4.69) is 4.72 Å². The highest BCUT2D eigenvalue weighted by Crippen LogP contribution is 2.19. The maximum Gasteiger partial charge on any atom is 0.241 e. The second kappa shape index (κ2) is 7.21. The first kappa shape index (κ1) is 17.6. The van der Waals surface area contributed by atoms with Gasteiger partial charge in [0.2, 0.25) is 10.0 Å². The second-order valence-electron chi connectivity index (χ2n) is 5.76. The van der Waals surface area contributed by atoms with E-state index in [1.54, 1.807) is 6.92 Å². The smallest absolute Gasteiger partial charge is 0.241 e. The molecule has 0 fully saturated rings. The molecular weight excluding hydrogens is 315 g/mol. The van der Waals surface area contributed by atoms with E-state index < -0.39 is 21.9 Å². The summed E-state index contributed by atoms with van der Waals surface area (Å²) in [4.78, 5) is 1.83. The van der Waals surface area contributed by atoms with Crippen molar-refractivity contribution in [2.45, 2.75) is 17.9 Å². The number of hydrogen-bond acceptors (Lipinski definition) is 3. The van der Waals surface area contributed by atoms with Gasteiger partial charge in [-0.2, -0.15) is 0 Å². The summed E-state index contributed by atoms with van der Waals surface area (Å²) < 4.78 is 41.5. The van der Waals surface area contributed by atoms with E-state index >= 15 is 0 Å². The first-order chi connectivity index (χ1) is 10.8. The number of rotatable bonds is 6. The molecule has 0 radical (unpaired) electrons. The third-order valence-electron chi connectivity index (χ3n) is 3.50. The lowest BCUT2D eigenvalue weighted by atomic mass is 10.1. The van der Waals surface area contributed by atoms with Crippen molar-refractivity contribution >= 4 is 10.0 Å². The van der Waals surface area contributed by atoms with Crippen LogP contribution >= 0.6 is 0 Å². The van der Waals surface area contributed by atoms with E-state index in [4.69, 9.17) is 0 Å². The summed E-state index contributed by atoms with van der Waals surface area (Å²) in [5.41, 5.74) is 1.27. The maximum absolute atomic E-state index is 13.7. The van der Waals surface area contributed by atoms with Crippen LogP contribution in [0.5, 0.6) is 0 Å². The second-order valence-corrected chi connectivity index (χ2v) is 7.47. The zero-order valence-corrected chi connectivity index (χ0v) is 14.3. The lowest BCUT2D eigenvalue weighted by molar-refractivity contribution is 0.363. The number of aryl methyl sites for hydroxylation is 1. The molecule has 0 saturated carbocycles. The Morgan fingerprint density at radius 3 is 2.35 bits per heavy atom. The van der Waals surface area contributed by atoms with Crippen molar-refractivity contribution in [2.24, 2.45) is 0 Å². The predicted octanol–water partition coefficient (Wildman–Crippen LogP) is 2.72. The monoisotopic (exact) mass is 336 g/mol. The van der Waals surface area contributed by atoms with Crippen LogP contribution < -0.4 is 4.72 Å². The van der Waals surface area contributed by atoms with Gasteiger partial charge in [-0.25, -0.2) is 17.5 Å². The number of nitrogens with zero attached hydrogens (tertiary/aromatic N) is 1. The van der Waals surface area contributed by atoms with Crippen LogP contribution in [0.25, 0.3) is 0 Å². The van der Waals surface area contributed by atoms with Crippen molar-refractivity contribution in [1.82, 2.24) is 9.62 Å². The Balaban J connectivity index is 2.32. The third-order valence-corrected chi connectivity index (χ3v) is 4.97. The first-order valence-electron chi connectivity index (χ1n) is 7.28. The molecular formula is C17H21FN2O2S. The van der Waals surface area contributed by atoms with Crippen molar-refractivity contribution in [3.05, 3.63) is 65.5 Å². The van der Waals surface area contributed by atoms with Crippen LogP contribution in [0.1, 0.15) is 17.2 Å². The van der Waals surface area contributed by atoms with Crippen molar-refractivity contribution in [3.8, 4) is 0 Å². The van der Waals surface area contributed by atoms with E-state index in [-0.39, 0.29) is 4.90 Å². The lowest BCUT2D eigenvalue weighted by Crippen LogP contribution is -2.35. The molecule has 0 aliphatic carbocycles. The van der Waals surface area contributed by atoms with Crippen molar-refractivity contribution in [1.29, 1.82) is 0 Å². The highest BCUT2D eigenvalue weighted by Gasteiger charge is 2.22. The van der Waals surface area contributed by atoms with Gasteiger partial charge >= 0.3 is 0 Å². The average Bonchev–Trinajstić information content (AvgIpc) is 2.49. The molecule has 2 aromatic carbocycles. The summed E-state index contributed by atoms with van der Waals surface area (Å²) >= 11 is 0. The molecule has 0 aliphatic rings. The molecule has 1 N–H and O–H groups in total. The van der Waals surface area contributed by atoms with E-state index in [0.29, 0.717) is 12.1 Å². The number of halogens is 1. The Morgan fingerprint density at radius 2 is 1.78 bits per heavy atom. The van der Waals surface area contributed by atoms with Gasteiger partial charge in [-0.05, 0) is 44.3 Å². The van der Waals surface area contributed by atoms with Gasteiger partial charge in [0.05, 0.1) is 10.9 Å². The Bertz CT molecular complexity index is 761. The molecule has 23 heavy (non-hydrogen) atoms. The van der Waals surface area contributed by atoms with Crippen molar-refractivity contribution < 1.29 is 12.8 Å². The number of nitrogens with one attached hydrogen (secondary N) is 1. The quantitative estimate of drug-likeness (QED) is 0.882. The fourth-order valence-corrected chi connectivity index (χ4v) is 3.48. The zero-order valence-electron chi connectivity index (χ0n) is 13.5. The van der Waals surface area contributed by atoms with Gasteiger partial charge in [0.1, 0.15) is 5.82 Å². The minimum Gasteiger partial charge on any atom is -0.307 e. The Hall–Kier alpha value is -1.76. The van der Waals surface area contributed by atoms with Crippen LogP contribution in [0.3, 0.4) is 0 Å². The minimum absolute atomic E-state index is 0.0692.